The number of hydrogen-bond acceptors (Lipinski definition) is 35. The number of nitrogens with zero attached hydrogens (tertiary/aromatic N) is 11. The molecule has 4 atom stereocenters. The van der Waals surface area contributed by atoms with Crippen molar-refractivity contribution in [2.24, 2.45) is 0 Å². The quantitative estimate of drug-likeness (QED) is 0.00555. The summed E-state index contributed by atoms with van der Waals surface area (Å²) in [6, 6.07) is 21.4. The topological polar surface area (TPSA) is 554 Å². The third-order valence-corrected chi connectivity index (χ3v) is 17.6. The van der Waals surface area contributed by atoms with Crippen LogP contribution < -0.4 is 132 Å². The molecule has 0 radical (unpaired) electrons. The number of halogens is 4. The first-order valence-electron chi connectivity index (χ1n) is 39.2. The van der Waals surface area contributed by atoms with Gasteiger partial charge in [0, 0.05) is 80.3 Å². The minimum Gasteiger partial charge on any atom is -1.00 e. The first-order valence-corrected chi connectivity index (χ1v) is 39.4. The van der Waals surface area contributed by atoms with E-state index in [0.717, 1.165) is 32.2 Å². The number of pyridine rings is 4. The normalized spacial score (nSPS) is 14.9. The zero-order chi connectivity index (χ0) is 93.9. The molecule has 2 N–H and O–H groups in total. The number of aromatic nitrogens is 4. The van der Waals surface area contributed by atoms with Gasteiger partial charge in [-0.3, -0.25) is 89.1 Å². The number of likely N-dealkylation sites (tertiary alicyclic amines) is 3. The minimum atomic E-state index is -1.00. The predicted octanol–water partition coefficient (Wildman–Crippen LogP) is 7.87. The molecule has 130 heavy (non-hydrogen) atoms. The zero-order valence-corrected chi connectivity index (χ0v) is 82.0. The van der Waals surface area contributed by atoms with Crippen molar-refractivity contribution in [3.63, 3.8) is 0 Å². The number of non-ortho nitro benzene ring substituents is 4. The van der Waals surface area contributed by atoms with Crippen LogP contribution in [0.3, 0.4) is 0 Å². The minimum absolute atomic E-state index is 0. The van der Waals surface area contributed by atoms with Gasteiger partial charge in [0.1, 0.15) is 80.4 Å². The standard InChI is InChI=1S/C20H23N3O7.C19H21N3O7.C15H15N3O5.C10H7ClN2O3.C10H17NO4.C4H7ClO2.CH3F.CH2O3.ClH.2K.H2S.H/c1-20(2,3)30-19(25)22-11-5-7-15(22)18(24)29-12-28-16-9-8-14(23(26)27)13-6-4-10-21-17(13)16;1-2-11-27-19(24)21-10-4-6-15(21)18(23)29-12-28-16-8-7-14(22(25)26)13-5-3-9-20-17(13)16;19-15(11-4-2-7-16-11)23-9-22-13-6-5-12(18(20)21)10-3-1-8-17-14(10)13;11-6-16-9-4-3-8(13(14)15)7-2-1-5-12-10(7)9;1-10(2,3)15-9(14)11-6-4-5-7(11)8(12)13;1-2-3-7-4(5)6;1-2;2-1-4-3;;;;;/h4,6,8-10,15H,5,7,11-12H2,1-3H3;3,5,7-9,15H,2,4,6,10-12H2,1H3;1,3,5-6,8,11,16H,2,4,7,9H2;1-5H,6H2;7H,4-6H2,1-3H3,(H,12,13);2-3H2,1H3;1H3;1,3H;1H;;;1H2;/q;;;;;;;;;2*+1;;-1/p-1/t2*15-;;;7-;;;;;;;;/m00..0......../s1/i;;;;;;1D;;;;;;. The zero-order valence-electron chi connectivity index (χ0n) is 74.4. The SMILES string of the molecule is CC(C)(C)OC(=O)N1CCC[C@H]1C(=O)O.CC(C)(C)OC(=O)N1CCC[C@H]1C(=O)OCOc1ccc([N+](=O)[O-])c2cccnc12.CCCOC(=O)Cl.CCCOC(=O)N1CCC[C@H]1C(=O)OCOc1ccc([N+](=O)[O-])c2cccnc12.Cl.O=C(OCOc1ccc([N+](=O)[O-])c2cccnc12)C1CCCN1.O=CO[O-].O=[N+]([O-])c1ccc(OCCl)c2ncccc12.S.[2H]CF.[H-].[K+].[K+]. The summed E-state index contributed by atoms with van der Waals surface area (Å²) in [7, 11) is -1.00. The van der Waals surface area contributed by atoms with E-state index in [1.54, 1.807) is 96.3 Å². The third kappa shape index (κ3) is 37.9. The molecule has 0 spiro atoms. The molecule has 43 nitrogen and oxygen atoms in total. The van der Waals surface area contributed by atoms with Gasteiger partial charge in [-0.2, -0.15) is 13.5 Å². The first-order chi connectivity index (χ1) is 60.5. The van der Waals surface area contributed by atoms with Crippen molar-refractivity contribution >= 4 is 170 Å². The van der Waals surface area contributed by atoms with Crippen molar-refractivity contribution in [2.45, 2.75) is 155 Å². The average Bonchev–Trinajstić information content (AvgIpc) is 1.01. The van der Waals surface area contributed by atoms with Crippen LogP contribution in [0.15, 0.2) is 122 Å². The Hall–Kier alpha value is -9.71. The number of carboxylic acids is 1. The van der Waals surface area contributed by atoms with Gasteiger partial charge >= 0.3 is 150 Å². The number of ether oxygens (including phenoxy) is 11. The van der Waals surface area contributed by atoms with Gasteiger partial charge in [0.05, 0.1) is 63.0 Å². The molecule has 700 valence electrons. The van der Waals surface area contributed by atoms with Crippen LogP contribution in [0.1, 0.15) is 122 Å². The molecule has 4 aliphatic heterocycles. The molecule has 8 aromatic rings. The second-order valence-corrected chi connectivity index (χ2v) is 28.8. The van der Waals surface area contributed by atoms with Crippen molar-refractivity contribution < 1.29 is 240 Å². The molecule has 4 aromatic carbocycles. The van der Waals surface area contributed by atoms with Crippen LogP contribution in [0.4, 0.5) is 46.3 Å². The number of esters is 3. The molecule has 4 aliphatic rings. The molecule has 1 unspecified atom stereocenters. The summed E-state index contributed by atoms with van der Waals surface area (Å²) in [4.78, 5) is 167. The number of nitro groups is 4. The molecule has 3 amide bonds. The number of nitrogens with one attached hydrogen (secondary N) is 1. The fourth-order valence-electron chi connectivity index (χ4n) is 12.1. The van der Waals surface area contributed by atoms with E-state index in [0.29, 0.717) is 126 Å². The number of rotatable bonds is 24. The van der Waals surface area contributed by atoms with Gasteiger partial charge in [-0.1, -0.05) is 25.4 Å². The molecule has 0 saturated carbocycles. The summed E-state index contributed by atoms with van der Waals surface area (Å²) in [5, 5.41) is 66.0. The second-order valence-electron chi connectivity index (χ2n) is 28.3. The summed E-state index contributed by atoms with van der Waals surface area (Å²) in [6.45, 7) is 15.9. The third-order valence-electron chi connectivity index (χ3n) is 17.4. The molecule has 4 aromatic heterocycles. The number of carboxylic acid groups (broad SMARTS) is 1. The Kier molecular flexibility index (Phi) is 54.7. The summed E-state index contributed by atoms with van der Waals surface area (Å²) in [5.74, 6) is -1.23. The first kappa shape index (κ1) is 116. The van der Waals surface area contributed by atoms with Gasteiger partial charge in [0.25, 0.3) is 29.2 Å². The maximum atomic E-state index is 12.5. The number of aliphatic carboxylic acids is 1. The van der Waals surface area contributed by atoms with Crippen molar-refractivity contribution in [3.05, 3.63) is 162 Å². The van der Waals surface area contributed by atoms with Gasteiger partial charge in [0.15, 0.2) is 6.07 Å². The molecule has 4 saturated heterocycles. The Morgan fingerprint density at radius 2 is 0.831 bits per heavy atom. The molecule has 0 bridgehead atoms. The maximum absolute atomic E-state index is 12.5. The fourth-order valence-corrected chi connectivity index (χ4v) is 12.3. The molecule has 4 fully saturated rings. The van der Waals surface area contributed by atoms with E-state index < -0.39 is 111 Å². The van der Waals surface area contributed by atoms with Crippen LogP contribution in [0.25, 0.3) is 43.6 Å². The molecular weight excluding hydrogens is 1860 g/mol. The number of alkyl halides is 2. The second kappa shape index (κ2) is 61.1. The van der Waals surface area contributed by atoms with Gasteiger partial charge in [-0.05, 0) is 185 Å². The average molecular weight is 1960 g/mol. The Bertz CT molecular complexity index is 5110. The van der Waals surface area contributed by atoms with Crippen LogP contribution >= 0.6 is 49.1 Å². The van der Waals surface area contributed by atoms with Crippen LogP contribution in [0, 0.1) is 40.5 Å². The number of carbonyl (C=O) groups excluding carboxylic acids is 8. The van der Waals surface area contributed by atoms with E-state index in [9.17, 15) is 83.2 Å². The van der Waals surface area contributed by atoms with Crippen LogP contribution in [-0.2, 0) is 62.0 Å². The Morgan fingerprint density at radius 1 is 0.523 bits per heavy atom. The molecule has 12 rings (SSSR count). The van der Waals surface area contributed by atoms with E-state index >= 15 is 0 Å². The van der Waals surface area contributed by atoms with Crippen molar-refractivity contribution in [3.8, 4) is 23.0 Å². The number of benzene rings is 4. The van der Waals surface area contributed by atoms with E-state index in [2.05, 4.69) is 34.9 Å². The summed E-state index contributed by atoms with van der Waals surface area (Å²) in [6.07, 6.45) is 11.2. The van der Waals surface area contributed by atoms with Gasteiger partial charge < -0.3 is 74.1 Å². The summed E-state index contributed by atoms with van der Waals surface area (Å²) >= 11 is 10.3. The van der Waals surface area contributed by atoms with Crippen molar-refractivity contribution in [1.82, 2.24) is 40.0 Å². The van der Waals surface area contributed by atoms with E-state index in [1.807, 2.05) is 13.8 Å². The summed E-state index contributed by atoms with van der Waals surface area (Å²) in [5.41, 5.74) is -0.814. The number of hydrogen-bond donors (Lipinski definition) is 2. The van der Waals surface area contributed by atoms with Crippen molar-refractivity contribution in [2.75, 3.05) is 73.0 Å². The molecular formula is C80H98Cl3FK2N12O31S. The van der Waals surface area contributed by atoms with Gasteiger partial charge in [-0.25, -0.2) is 33.6 Å². The van der Waals surface area contributed by atoms with E-state index in [4.69, 9.17) is 87.1 Å². The van der Waals surface area contributed by atoms with Crippen LogP contribution in [-0.4, -0.2) is 222 Å². The largest absolute Gasteiger partial charge is 1.00 e. The Labute approximate surface area is 854 Å². The Balaban J connectivity index is 0.00000158. The van der Waals surface area contributed by atoms with Gasteiger partial charge in [0.2, 0.25) is 20.4 Å². The number of fused-ring (bicyclic) bond motifs is 4. The Morgan fingerprint density at radius 3 is 1.11 bits per heavy atom. The maximum Gasteiger partial charge on any atom is 1.00 e. The smallest absolute Gasteiger partial charge is 1.00 e. The van der Waals surface area contributed by atoms with Crippen LogP contribution in [0.5, 0.6) is 23.0 Å². The number of nitro benzene ring substituents is 4. The van der Waals surface area contributed by atoms with Crippen LogP contribution in [0.2, 0.25) is 0 Å². The number of amides is 3. The molecule has 0 aliphatic carbocycles. The predicted molar refractivity (Wildman–Crippen MR) is 462 cm³/mol. The van der Waals surface area contributed by atoms with E-state index in [-0.39, 0.29) is 196 Å². The van der Waals surface area contributed by atoms with Gasteiger partial charge in [-0.15, -0.1) is 12.4 Å². The molecule has 8 heterocycles. The fraction of sp³-hybridized carbons (Fsp3) is 0.438. The van der Waals surface area contributed by atoms with Crippen molar-refractivity contribution in [1.29, 1.82) is 0 Å². The monoisotopic (exact) mass is 1960 g/mol. The number of carbonyl (C=O) groups is 9. The summed E-state index contributed by atoms with van der Waals surface area (Å²) < 4.78 is 72.4. The van der Waals surface area contributed by atoms with E-state index in [1.165, 1.54) is 81.8 Å². The molecule has 50 heteroatoms.